The molecule has 11 heteroatoms. The number of nitrogens with one attached hydrogen (secondary N) is 1. The van der Waals surface area contributed by atoms with Gasteiger partial charge >= 0.3 is 6.61 Å². The Hall–Kier alpha value is -2.76. The number of methoxy groups -OCH3 is 1. The Bertz CT molecular complexity index is 1070. The Morgan fingerprint density at radius 2 is 1.85 bits per heavy atom. The largest absolute Gasteiger partial charge is 0.495 e. The van der Waals surface area contributed by atoms with Crippen LogP contribution >= 0.6 is 0 Å². The predicted octanol–water partition coefficient (Wildman–Crippen LogP) is 3.20. The van der Waals surface area contributed by atoms with Crippen molar-refractivity contribution in [1.29, 1.82) is 0 Å². The molecule has 0 aliphatic carbocycles. The predicted molar refractivity (Wildman–Crippen MR) is 116 cm³/mol. The van der Waals surface area contributed by atoms with Crippen LogP contribution in [0.15, 0.2) is 47.4 Å². The minimum absolute atomic E-state index is 0.0371. The molecule has 1 N–H and O–H groups in total. The summed E-state index contributed by atoms with van der Waals surface area (Å²) in [4.78, 5) is 12.9. The molecule has 1 atom stereocenters. The van der Waals surface area contributed by atoms with E-state index in [2.05, 4.69) is 10.1 Å². The van der Waals surface area contributed by atoms with Gasteiger partial charge < -0.3 is 19.5 Å². The Balaban J connectivity index is 1.89. The van der Waals surface area contributed by atoms with E-state index >= 15 is 0 Å². The van der Waals surface area contributed by atoms with Crippen molar-refractivity contribution in [2.24, 2.45) is 0 Å². The molecular weight excluding hydrogens is 458 g/mol. The first-order chi connectivity index (χ1) is 15.8. The highest BCUT2D eigenvalue weighted by atomic mass is 32.2. The van der Waals surface area contributed by atoms with Gasteiger partial charge in [-0.15, -0.1) is 0 Å². The number of carbonyl (C=O) groups is 1. The SMILES string of the molecule is CCC(NC(=O)c1ccc(OC)c(S(=O)(=O)N2CCOCC2)c1)c1ccccc1OC(F)F. The monoisotopic (exact) mass is 484 g/mol. The van der Waals surface area contributed by atoms with Gasteiger partial charge in [0.05, 0.1) is 26.4 Å². The van der Waals surface area contributed by atoms with Crippen LogP contribution in [0.3, 0.4) is 0 Å². The number of alkyl halides is 2. The van der Waals surface area contributed by atoms with Gasteiger partial charge in [-0.1, -0.05) is 25.1 Å². The summed E-state index contributed by atoms with van der Waals surface area (Å²) in [6, 6.07) is 9.69. The van der Waals surface area contributed by atoms with Gasteiger partial charge in [0.1, 0.15) is 16.4 Å². The van der Waals surface area contributed by atoms with Gasteiger partial charge in [-0.05, 0) is 30.7 Å². The second kappa shape index (κ2) is 10.9. The molecule has 2 aromatic carbocycles. The lowest BCUT2D eigenvalue weighted by molar-refractivity contribution is -0.0507. The van der Waals surface area contributed by atoms with E-state index in [0.29, 0.717) is 12.0 Å². The summed E-state index contributed by atoms with van der Waals surface area (Å²) >= 11 is 0. The Morgan fingerprint density at radius 3 is 2.48 bits per heavy atom. The third-order valence-electron chi connectivity index (χ3n) is 5.24. The number of ether oxygens (including phenoxy) is 3. The van der Waals surface area contributed by atoms with Gasteiger partial charge in [0, 0.05) is 24.2 Å². The zero-order chi connectivity index (χ0) is 24.0. The number of hydrogen-bond donors (Lipinski definition) is 1. The lowest BCUT2D eigenvalue weighted by Crippen LogP contribution is -2.40. The fourth-order valence-electron chi connectivity index (χ4n) is 3.56. The topological polar surface area (TPSA) is 94.2 Å². The smallest absolute Gasteiger partial charge is 0.387 e. The van der Waals surface area contributed by atoms with Crippen molar-refractivity contribution in [1.82, 2.24) is 9.62 Å². The number of nitrogens with zero attached hydrogens (tertiary/aromatic N) is 1. The van der Waals surface area contributed by atoms with Crippen LogP contribution in [0.5, 0.6) is 11.5 Å². The molecule has 33 heavy (non-hydrogen) atoms. The molecule has 2 aromatic rings. The standard InChI is InChI=1S/C22H26F2N2O6S/c1-3-17(16-6-4-5-7-18(16)32-22(23)24)25-21(27)15-8-9-19(30-2)20(14-15)33(28,29)26-10-12-31-13-11-26/h4-9,14,17,22H,3,10-13H2,1-2H3,(H,25,27). The summed E-state index contributed by atoms with van der Waals surface area (Å²) in [5.74, 6) is -0.486. The van der Waals surface area contributed by atoms with Gasteiger partial charge in [-0.3, -0.25) is 4.79 Å². The van der Waals surface area contributed by atoms with E-state index < -0.39 is 28.6 Å². The molecule has 8 nitrogen and oxygen atoms in total. The maximum Gasteiger partial charge on any atom is 0.387 e. The van der Waals surface area contributed by atoms with Crippen molar-refractivity contribution in [2.45, 2.75) is 30.9 Å². The molecule has 1 unspecified atom stereocenters. The first-order valence-electron chi connectivity index (χ1n) is 10.4. The molecule has 1 aliphatic heterocycles. The Morgan fingerprint density at radius 1 is 1.15 bits per heavy atom. The van der Waals surface area contributed by atoms with Crippen molar-refractivity contribution in [3.63, 3.8) is 0 Å². The maximum atomic E-state index is 13.2. The zero-order valence-corrected chi connectivity index (χ0v) is 19.1. The number of amides is 1. The molecule has 1 amide bonds. The third kappa shape index (κ3) is 5.79. The van der Waals surface area contributed by atoms with Crippen LogP contribution in [0.2, 0.25) is 0 Å². The van der Waals surface area contributed by atoms with E-state index in [1.807, 2.05) is 0 Å². The lowest BCUT2D eigenvalue weighted by atomic mass is 10.0. The van der Waals surface area contributed by atoms with Crippen LogP contribution in [-0.2, 0) is 14.8 Å². The number of para-hydroxylation sites is 1. The molecule has 1 saturated heterocycles. The normalized spacial score (nSPS) is 15.8. The molecule has 3 rings (SSSR count). The molecule has 1 fully saturated rings. The van der Waals surface area contributed by atoms with Crippen molar-refractivity contribution < 1.29 is 36.2 Å². The first kappa shape index (κ1) is 24.9. The molecule has 0 spiro atoms. The fraction of sp³-hybridized carbons (Fsp3) is 0.409. The maximum absolute atomic E-state index is 13.2. The summed E-state index contributed by atoms with van der Waals surface area (Å²) in [6.45, 7) is -0.276. The number of hydrogen-bond acceptors (Lipinski definition) is 6. The van der Waals surface area contributed by atoms with Crippen LogP contribution < -0.4 is 14.8 Å². The number of sulfonamides is 1. The zero-order valence-electron chi connectivity index (χ0n) is 18.3. The summed E-state index contributed by atoms with van der Waals surface area (Å²) in [6.07, 6.45) is 0.393. The minimum atomic E-state index is -3.92. The summed E-state index contributed by atoms with van der Waals surface area (Å²) < 4.78 is 68.2. The second-order valence-electron chi connectivity index (χ2n) is 7.23. The Kier molecular flexibility index (Phi) is 8.22. The van der Waals surface area contributed by atoms with Gasteiger partial charge in [0.15, 0.2) is 0 Å². The number of halogens is 2. The van der Waals surface area contributed by atoms with Crippen LogP contribution in [0.25, 0.3) is 0 Å². The highest BCUT2D eigenvalue weighted by Gasteiger charge is 2.30. The quantitative estimate of drug-likeness (QED) is 0.588. The van der Waals surface area contributed by atoms with Crippen molar-refractivity contribution in [2.75, 3.05) is 33.4 Å². The summed E-state index contributed by atoms with van der Waals surface area (Å²) in [5, 5.41) is 2.78. The van der Waals surface area contributed by atoms with Crippen LogP contribution in [0.1, 0.15) is 35.3 Å². The van der Waals surface area contributed by atoms with Gasteiger partial charge in [0.25, 0.3) is 5.91 Å². The number of morpholine rings is 1. The first-order valence-corrected chi connectivity index (χ1v) is 11.8. The highest BCUT2D eigenvalue weighted by molar-refractivity contribution is 7.89. The van der Waals surface area contributed by atoms with Crippen LogP contribution in [-0.4, -0.2) is 58.7 Å². The van der Waals surface area contributed by atoms with E-state index in [9.17, 15) is 22.0 Å². The molecule has 0 aromatic heterocycles. The average Bonchev–Trinajstić information content (AvgIpc) is 2.82. The number of carbonyl (C=O) groups excluding carboxylic acids is 1. The van der Waals surface area contributed by atoms with Crippen molar-refractivity contribution in [3.05, 3.63) is 53.6 Å². The highest BCUT2D eigenvalue weighted by Crippen LogP contribution is 2.31. The molecule has 0 saturated carbocycles. The van der Waals surface area contributed by atoms with E-state index in [1.54, 1.807) is 25.1 Å². The summed E-state index contributed by atoms with van der Waals surface area (Å²) in [7, 11) is -2.57. The van der Waals surface area contributed by atoms with E-state index in [4.69, 9.17) is 9.47 Å². The molecular formula is C22H26F2N2O6S. The van der Waals surface area contributed by atoms with E-state index in [1.165, 1.54) is 35.7 Å². The summed E-state index contributed by atoms with van der Waals surface area (Å²) in [5.41, 5.74) is 0.483. The Labute approximate surface area is 191 Å². The number of rotatable bonds is 9. The molecule has 1 heterocycles. The molecule has 1 aliphatic rings. The van der Waals surface area contributed by atoms with E-state index in [-0.39, 0.29) is 48.3 Å². The fourth-order valence-corrected chi connectivity index (χ4v) is 5.15. The number of benzene rings is 2. The van der Waals surface area contributed by atoms with Crippen LogP contribution in [0.4, 0.5) is 8.78 Å². The van der Waals surface area contributed by atoms with Gasteiger partial charge in [0.2, 0.25) is 10.0 Å². The third-order valence-corrected chi connectivity index (χ3v) is 7.16. The molecule has 180 valence electrons. The minimum Gasteiger partial charge on any atom is -0.495 e. The van der Waals surface area contributed by atoms with Crippen molar-refractivity contribution >= 4 is 15.9 Å². The average molecular weight is 485 g/mol. The van der Waals surface area contributed by atoms with Gasteiger partial charge in [-0.2, -0.15) is 13.1 Å². The second-order valence-corrected chi connectivity index (χ2v) is 9.14. The van der Waals surface area contributed by atoms with E-state index in [0.717, 1.165) is 0 Å². The van der Waals surface area contributed by atoms with Crippen LogP contribution in [0, 0.1) is 0 Å². The molecule has 0 bridgehead atoms. The van der Waals surface area contributed by atoms with Gasteiger partial charge in [-0.25, -0.2) is 8.42 Å². The molecule has 0 radical (unpaired) electrons. The van der Waals surface area contributed by atoms with Crippen molar-refractivity contribution in [3.8, 4) is 11.5 Å². The lowest BCUT2D eigenvalue weighted by Gasteiger charge is -2.27.